The third-order valence-corrected chi connectivity index (χ3v) is 4.60. The number of aliphatic carboxylic acids is 1. The average molecular weight is 434 g/mol. The molecule has 0 saturated carbocycles. The number of likely N-dealkylation sites (N-methyl/N-ethyl adjacent to an activating group) is 1. The molecule has 32 heavy (non-hydrogen) atoms. The first-order valence-corrected chi connectivity index (χ1v) is 10.3. The fraction of sp³-hybridized carbons (Fsp3) is 0.250. The summed E-state index contributed by atoms with van der Waals surface area (Å²) in [6, 6.07) is 18.8. The summed E-state index contributed by atoms with van der Waals surface area (Å²) in [5, 5.41) is 13.2. The fourth-order valence-electron chi connectivity index (χ4n) is 2.85. The van der Waals surface area contributed by atoms with E-state index in [2.05, 4.69) is 15.1 Å². The van der Waals surface area contributed by atoms with Crippen molar-refractivity contribution in [2.75, 3.05) is 25.1 Å². The van der Waals surface area contributed by atoms with E-state index in [0.717, 1.165) is 16.9 Å². The molecule has 3 aromatic rings. The van der Waals surface area contributed by atoms with Crippen LogP contribution in [0.3, 0.4) is 0 Å². The number of nitrogens with zero attached hydrogens (tertiary/aromatic N) is 4. The van der Waals surface area contributed by atoms with Crippen molar-refractivity contribution < 1.29 is 19.5 Å². The minimum Gasteiger partial charge on any atom is -0.492 e. The molecule has 0 amide bonds. The van der Waals surface area contributed by atoms with Crippen molar-refractivity contribution in [3.8, 4) is 5.75 Å². The van der Waals surface area contributed by atoms with Gasteiger partial charge in [-0.15, -0.1) is 0 Å². The van der Waals surface area contributed by atoms with Crippen molar-refractivity contribution in [2.24, 2.45) is 5.16 Å². The van der Waals surface area contributed by atoms with Crippen LogP contribution in [0.5, 0.6) is 5.75 Å². The number of carboxylic acid groups (broad SMARTS) is 1. The first-order valence-electron chi connectivity index (χ1n) is 10.3. The Morgan fingerprint density at radius 2 is 1.72 bits per heavy atom. The van der Waals surface area contributed by atoms with Gasteiger partial charge in [0.15, 0.2) is 0 Å². The van der Waals surface area contributed by atoms with E-state index in [9.17, 15) is 4.79 Å². The van der Waals surface area contributed by atoms with E-state index in [1.807, 2.05) is 66.5 Å². The molecule has 0 aliphatic carbocycles. The second kappa shape index (κ2) is 12.0. The summed E-state index contributed by atoms with van der Waals surface area (Å²) < 4.78 is 5.79. The Morgan fingerprint density at radius 1 is 1.00 bits per heavy atom. The van der Waals surface area contributed by atoms with Crippen molar-refractivity contribution in [1.29, 1.82) is 0 Å². The maximum Gasteiger partial charge on any atom is 0.303 e. The molecule has 2 aromatic carbocycles. The minimum absolute atomic E-state index is 0.00525. The molecule has 3 rings (SSSR count). The lowest BCUT2D eigenvalue weighted by molar-refractivity contribution is -0.136. The summed E-state index contributed by atoms with van der Waals surface area (Å²) in [4.78, 5) is 26.8. The van der Waals surface area contributed by atoms with Gasteiger partial charge in [0.1, 0.15) is 19.0 Å². The molecule has 0 aliphatic heterocycles. The first-order chi connectivity index (χ1) is 15.6. The molecule has 1 N–H and O–H groups in total. The number of carbonyl (C=O) groups is 1. The highest BCUT2D eigenvalue weighted by molar-refractivity contribution is 6.01. The molecule has 1 aromatic heterocycles. The lowest BCUT2D eigenvalue weighted by Crippen LogP contribution is -2.25. The van der Waals surface area contributed by atoms with Crippen molar-refractivity contribution in [3.63, 3.8) is 0 Å². The van der Waals surface area contributed by atoms with Gasteiger partial charge in [-0.25, -0.2) is 9.97 Å². The zero-order chi connectivity index (χ0) is 22.6. The number of ether oxygens (including phenoxy) is 1. The quantitative estimate of drug-likeness (QED) is 0.342. The summed E-state index contributed by atoms with van der Waals surface area (Å²) in [5.41, 5.74) is 2.39. The normalized spacial score (nSPS) is 11.1. The van der Waals surface area contributed by atoms with E-state index in [0.29, 0.717) is 31.2 Å². The first kappa shape index (κ1) is 22.7. The molecule has 166 valence electrons. The zero-order valence-corrected chi connectivity index (χ0v) is 17.9. The van der Waals surface area contributed by atoms with Crippen molar-refractivity contribution in [1.82, 2.24) is 9.97 Å². The highest BCUT2D eigenvalue weighted by Crippen LogP contribution is 2.14. The number of rotatable bonds is 12. The van der Waals surface area contributed by atoms with Gasteiger partial charge in [-0.05, 0) is 29.3 Å². The number of aromatic nitrogens is 2. The largest absolute Gasteiger partial charge is 0.492 e. The fourth-order valence-corrected chi connectivity index (χ4v) is 2.85. The lowest BCUT2D eigenvalue weighted by Gasteiger charge is -2.16. The second-order valence-electron chi connectivity index (χ2n) is 7.03. The smallest absolute Gasteiger partial charge is 0.303 e. The summed E-state index contributed by atoms with van der Waals surface area (Å²) >= 11 is 0. The molecule has 0 saturated heterocycles. The van der Waals surface area contributed by atoms with E-state index in [1.54, 1.807) is 18.5 Å². The number of hydrogen-bond donors (Lipinski definition) is 1. The third-order valence-electron chi connectivity index (χ3n) is 4.60. The molecular formula is C24H26N4O4. The summed E-state index contributed by atoms with van der Waals surface area (Å²) in [6.45, 7) is 1.43. The van der Waals surface area contributed by atoms with Gasteiger partial charge in [-0.2, -0.15) is 0 Å². The van der Waals surface area contributed by atoms with Crippen LogP contribution in [0.2, 0.25) is 0 Å². The zero-order valence-electron chi connectivity index (χ0n) is 17.9. The number of anilines is 1. The Bertz CT molecular complexity index is 996. The highest BCUT2D eigenvalue weighted by atomic mass is 16.6. The molecule has 8 heteroatoms. The molecule has 0 radical (unpaired) electrons. The highest BCUT2D eigenvalue weighted by Gasteiger charge is 2.08. The van der Waals surface area contributed by atoms with Gasteiger partial charge in [-0.1, -0.05) is 47.6 Å². The van der Waals surface area contributed by atoms with Crippen LogP contribution < -0.4 is 9.64 Å². The topological polar surface area (TPSA) is 97.1 Å². The van der Waals surface area contributed by atoms with Crippen LogP contribution in [0.1, 0.15) is 24.0 Å². The van der Waals surface area contributed by atoms with E-state index < -0.39 is 5.97 Å². The minimum atomic E-state index is -0.869. The predicted octanol–water partition coefficient (Wildman–Crippen LogP) is 3.78. The van der Waals surface area contributed by atoms with Gasteiger partial charge in [0.25, 0.3) is 0 Å². The Kier molecular flexibility index (Phi) is 8.56. The van der Waals surface area contributed by atoms with Crippen LogP contribution in [0.15, 0.2) is 78.2 Å². The lowest BCUT2D eigenvalue weighted by atomic mass is 10.1. The van der Waals surface area contributed by atoms with Crippen LogP contribution in [0, 0.1) is 0 Å². The molecule has 0 bridgehead atoms. The molecule has 0 spiro atoms. The molecule has 0 atom stereocenters. The average Bonchev–Trinajstić information content (AvgIpc) is 2.83. The Hall–Kier alpha value is -3.94. The standard InChI is InChI=1S/C24H26N4O4/c1-28(24-25-14-5-15-26-24)16-17-31-21-10-8-19(9-11-21)18-32-27-22(12-13-23(29)30)20-6-3-2-4-7-20/h2-11,14-15H,12-13,16-18H2,1H3,(H,29,30)/b27-22-. The van der Waals surface area contributed by atoms with Crippen molar-refractivity contribution >= 4 is 17.6 Å². The Morgan fingerprint density at radius 3 is 2.41 bits per heavy atom. The van der Waals surface area contributed by atoms with Gasteiger partial charge < -0.3 is 19.6 Å². The van der Waals surface area contributed by atoms with Crippen LogP contribution >= 0.6 is 0 Å². The Labute approximate surface area is 187 Å². The summed E-state index contributed by atoms with van der Waals surface area (Å²) in [7, 11) is 1.92. The van der Waals surface area contributed by atoms with Crippen molar-refractivity contribution in [2.45, 2.75) is 19.4 Å². The third kappa shape index (κ3) is 7.39. The second-order valence-corrected chi connectivity index (χ2v) is 7.03. The molecule has 0 aliphatic rings. The maximum atomic E-state index is 10.9. The SMILES string of the molecule is CN(CCOc1ccc(CO/N=C(/CCC(=O)O)c2ccccc2)cc1)c1ncccn1. The molecule has 1 heterocycles. The van der Waals surface area contributed by atoms with Crippen LogP contribution in [-0.2, 0) is 16.2 Å². The van der Waals surface area contributed by atoms with Gasteiger partial charge in [-0.3, -0.25) is 4.79 Å². The number of carboxylic acids is 1. The van der Waals surface area contributed by atoms with Crippen molar-refractivity contribution in [3.05, 3.63) is 84.2 Å². The van der Waals surface area contributed by atoms with E-state index in [1.165, 1.54) is 0 Å². The molecule has 0 fully saturated rings. The van der Waals surface area contributed by atoms with Gasteiger partial charge in [0.05, 0.1) is 18.7 Å². The van der Waals surface area contributed by atoms with E-state index in [4.69, 9.17) is 14.7 Å². The molecule has 8 nitrogen and oxygen atoms in total. The predicted molar refractivity (Wildman–Crippen MR) is 122 cm³/mol. The van der Waals surface area contributed by atoms with Crippen LogP contribution in [0.4, 0.5) is 5.95 Å². The van der Waals surface area contributed by atoms with Gasteiger partial charge >= 0.3 is 5.97 Å². The van der Waals surface area contributed by atoms with Crippen LogP contribution in [-0.4, -0.2) is 47.0 Å². The molecular weight excluding hydrogens is 408 g/mol. The number of oxime groups is 1. The Balaban J connectivity index is 1.48. The van der Waals surface area contributed by atoms with Gasteiger partial charge in [0, 0.05) is 25.9 Å². The monoisotopic (exact) mass is 434 g/mol. The van der Waals surface area contributed by atoms with Crippen LogP contribution in [0.25, 0.3) is 0 Å². The number of benzene rings is 2. The number of hydrogen-bond acceptors (Lipinski definition) is 7. The maximum absolute atomic E-state index is 10.9. The van der Waals surface area contributed by atoms with Gasteiger partial charge in [0.2, 0.25) is 5.95 Å². The molecule has 0 unspecified atom stereocenters. The van der Waals surface area contributed by atoms with E-state index >= 15 is 0 Å². The van der Waals surface area contributed by atoms with E-state index in [-0.39, 0.29) is 13.0 Å². The summed E-state index contributed by atoms with van der Waals surface area (Å²) in [5.74, 6) is 0.542. The summed E-state index contributed by atoms with van der Waals surface area (Å²) in [6.07, 6.45) is 3.71.